The van der Waals surface area contributed by atoms with Crippen LogP contribution < -0.4 is 14.8 Å². The van der Waals surface area contributed by atoms with Gasteiger partial charge in [0.15, 0.2) is 11.5 Å². The van der Waals surface area contributed by atoms with Gasteiger partial charge in [-0.15, -0.1) is 0 Å². The van der Waals surface area contributed by atoms with Crippen molar-refractivity contribution >= 4 is 17.5 Å². The quantitative estimate of drug-likeness (QED) is 0.904. The first-order chi connectivity index (χ1) is 12.1. The van der Waals surface area contributed by atoms with E-state index in [4.69, 9.17) is 9.47 Å². The van der Waals surface area contributed by atoms with Crippen LogP contribution in [0.15, 0.2) is 36.4 Å². The smallest absolute Gasteiger partial charge is 0.274 e. The van der Waals surface area contributed by atoms with E-state index in [9.17, 15) is 9.59 Å². The number of anilines is 1. The molecule has 0 bridgehead atoms. The van der Waals surface area contributed by atoms with Gasteiger partial charge in [-0.1, -0.05) is 6.07 Å². The molecule has 7 heteroatoms. The molecule has 0 spiro atoms. The Hall–Kier alpha value is -3.09. The first-order valence-corrected chi connectivity index (χ1v) is 8.09. The van der Waals surface area contributed by atoms with Gasteiger partial charge in [0.25, 0.3) is 11.8 Å². The van der Waals surface area contributed by atoms with Crippen LogP contribution in [0.4, 0.5) is 5.69 Å². The number of carbonyl (C=O) groups is 2. The van der Waals surface area contributed by atoms with Gasteiger partial charge in [0.1, 0.15) is 11.4 Å². The highest BCUT2D eigenvalue weighted by atomic mass is 16.7. The number of amides is 2. The van der Waals surface area contributed by atoms with Gasteiger partial charge in [-0.05, 0) is 38.1 Å². The number of hydrogen-bond acceptors (Lipinski definition) is 5. The first-order valence-electron chi connectivity index (χ1n) is 8.09. The van der Waals surface area contributed by atoms with Crippen LogP contribution in [-0.2, 0) is 0 Å². The standard InChI is InChI=1S/C18H19N3O4/c1-3-21(4-2)18(23)14-7-5-6-13(20-14)17(22)19-12-8-9-15-16(10-12)25-11-24-15/h5-10H,3-4,11H2,1-2H3,(H,19,22). The van der Waals surface area contributed by atoms with Crippen LogP contribution in [0.1, 0.15) is 34.8 Å². The van der Waals surface area contributed by atoms with E-state index in [1.165, 1.54) is 0 Å². The third-order valence-electron chi connectivity index (χ3n) is 3.88. The van der Waals surface area contributed by atoms with E-state index in [1.54, 1.807) is 41.3 Å². The van der Waals surface area contributed by atoms with Crippen LogP contribution in [0.3, 0.4) is 0 Å². The second-order valence-electron chi connectivity index (χ2n) is 5.41. The van der Waals surface area contributed by atoms with Crippen LogP contribution in [0, 0.1) is 0 Å². The first kappa shape index (κ1) is 16.8. The number of fused-ring (bicyclic) bond motifs is 1. The maximum Gasteiger partial charge on any atom is 0.274 e. The summed E-state index contributed by atoms with van der Waals surface area (Å²) in [5, 5.41) is 2.75. The van der Waals surface area contributed by atoms with Gasteiger partial charge in [0, 0.05) is 24.8 Å². The molecule has 7 nitrogen and oxygen atoms in total. The highest BCUT2D eigenvalue weighted by Crippen LogP contribution is 2.34. The van der Waals surface area contributed by atoms with Crippen molar-refractivity contribution in [3.05, 3.63) is 47.8 Å². The molecule has 25 heavy (non-hydrogen) atoms. The van der Waals surface area contributed by atoms with Crippen molar-refractivity contribution in [1.29, 1.82) is 0 Å². The van der Waals surface area contributed by atoms with E-state index in [1.807, 2.05) is 13.8 Å². The van der Waals surface area contributed by atoms with E-state index in [0.717, 1.165) is 0 Å². The van der Waals surface area contributed by atoms with Gasteiger partial charge in [0.2, 0.25) is 6.79 Å². The van der Waals surface area contributed by atoms with Crippen LogP contribution in [0.5, 0.6) is 11.5 Å². The molecular formula is C18H19N3O4. The molecule has 2 heterocycles. The predicted molar refractivity (Wildman–Crippen MR) is 92.0 cm³/mol. The predicted octanol–water partition coefficient (Wildman–Crippen LogP) is 2.54. The van der Waals surface area contributed by atoms with Gasteiger partial charge in [-0.2, -0.15) is 0 Å². The lowest BCUT2D eigenvalue weighted by atomic mass is 10.2. The van der Waals surface area contributed by atoms with Gasteiger partial charge < -0.3 is 19.7 Å². The Labute approximate surface area is 145 Å². The fourth-order valence-electron chi connectivity index (χ4n) is 2.52. The number of rotatable bonds is 5. The Morgan fingerprint density at radius 2 is 1.80 bits per heavy atom. The van der Waals surface area contributed by atoms with Crippen molar-refractivity contribution in [2.45, 2.75) is 13.8 Å². The number of ether oxygens (including phenoxy) is 2. The molecule has 2 amide bonds. The summed E-state index contributed by atoms with van der Waals surface area (Å²) in [5.74, 6) is 0.634. The van der Waals surface area contributed by atoms with Crippen molar-refractivity contribution in [2.24, 2.45) is 0 Å². The molecule has 1 aliphatic heterocycles. The summed E-state index contributed by atoms with van der Waals surface area (Å²) in [6.45, 7) is 5.15. The minimum absolute atomic E-state index is 0.170. The van der Waals surface area contributed by atoms with Crippen LogP contribution >= 0.6 is 0 Å². The number of benzene rings is 1. The van der Waals surface area contributed by atoms with Gasteiger partial charge in [-0.25, -0.2) is 4.98 Å². The molecule has 0 atom stereocenters. The normalized spacial score (nSPS) is 11.9. The zero-order chi connectivity index (χ0) is 17.8. The van der Waals surface area contributed by atoms with E-state index in [2.05, 4.69) is 10.3 Å². The summed E-state index contributed by atoms with van der Waals surface area (Å²) in [4.78, 5) is 30.7. The molecule has 2 aromatic rings. The van der Waals surface area contributed by atoms with Crippen LogP contribution in [-0.4, -0.2) is 41.6 Å². The molecule has 130 valence electrons. The minimum atomic E-state index is -0.395. The summed E-state index contributed by atoms with van der Waals surface area (Å²) >= 11 is 0. The molecule has 1 N–H and O–H groups in total. The Morgan fingerprint density at radius 3 is 2.56 bits per heavy atom. The van der Waals surface area contributed by atoms with Crippen LogP contribution in [0.25, 0.3) is 0 Å². The maximum absolute atomic E-state index is 12.4. The van der Waals surface area contributed by atoms with Crippen molar-refractivity contribution in [1.82, 2.24) is 9.88 Å². The number of carbonyl (C=O) groups excluding carboxylic acids is 2. The monoisotopic (exact) mass is 341 g/mol. The fraction of sp³-hybridized carbons (Fsp3) is 0.278. The average Bonchev–Trinajstić information content (AvgIpc) is 3.10. The fourth-order valence-corrected chi connectivity index (χ4v) is 2.52. The van der Waals surface area contributed by atoms with E-state index in [-0.39, 0.29) is 24.1 Å². The zero-order valence-electron chi connectivity index (χ0n) is 14.1. The topological polar surface area (TPSA) is 80.8 Å². The largest absolute Gasteiger partial charge is 0.454 e. The number of nitrogens with zero attached hydrogens (tertiary/aromatic N) is 2. The molecule has 0 fully saturated rings. The van der Waals surface area contributed by atoms with Crippen molar-refractivity contribution in [3.8, 4) is 11.5 Å². The Bertz CT molecular complexity index is 803. The number of hydrogen-bond donors (Lipinski definition) is 1. The molecule has 0 radical (unpaired) electrons. The second-order valence-corrected chi connectivity index (χ2v) is 5.41. The molecule has 0 unspecified atom stereocenters. The van der Waals surface area contributed by atoms with Crippen LogP contribution in [0.2, 0.25) is 0 Å². The van der Waals surface area contributed by atoms with Crippen molar-refractivity contribution in [2.75, 3.05) is 25.2 Å². The molecule has 0 saturated heterocycles. The SMILES string of the molecule is CCN(CC)C(=O)c1cccc(C(=O)Nc2ccc3c(c2)OCO3)n1. The summed E-state index contributed by atoms with van der Waals surface area (Å²) in [5.41, 5.74) is 0.995. The third-order valence-corrected chi connectivity index (χ3v) is 3.88. The molecule has 0 aliphatic carbocycles. The Morgan fingerprint density at radius 1 is 1.08 bits per heavy atom. The molecule has 1 aromatic heterocycles. The number of pyridine rings is 1. The van der Waals surface area contributed by atoms with Crippen molar-refractivity contribution < 1.29 is 19.1 Å². The highest BCUT2D eigenvalue weighted by molar-refractivity contribution is 6.04. The summed E-state index contributed by atoms with van der Waals surface area (Å²) in [6.07, 6.45) is 0. The molecule has 1 aliphatic rings. The third kappa shape index (κ3) is 3.55. The maximum atomic E-state index is 12.4. The molecule has 1 aromatic carbocycles. The lowest BCUT2D eigenvalue weighted by Crippen LogP contribution is -2.31. The highest BCUT2D eigenvalue weighted by Gasteiger charge is 2.18. The lowest BCUT2D eigenvalue weighted by molar-refractivity contribution is 0.0767. The van der Waals surface area contributed by atoms with Crippen molar-refractivity contribution in [3.63, 3.8) is 0 Å². The van der Waals surface area contributed by atoms with Gasteiger partial charge in [-0.3, -0.25) is 9.59 Å². The molecule has 3 rings (SSSR count). The molecular weight excluding hydrogens is 322 g/mol. The zero-order valence-corrected chi connectivity index (χ0v) is 14.1. The summed E-state index contributed by atoms with van der Waals surface area (Å²) in [7, 11) is 0. The van der Waals surface area contributed by atoms with E-state index >= 15 is 0 Å². The van der Waals surface area contributed by atoms with E-state index < -0.39 is 5.91 Å². The second kappa shape index (κ2) is 7.21. The number of aromatic nitrogens is 1. The summed E-state index contributed by atoms with van der Waals surface area (Å²) < 4.78 is 10.5. The average molecular weight is 341 g/mol. The van der Waals surface area contributed by atoms with Gasteiger partial charge >= 0.3 is 0 Å². The lowest BCUT2D eigenvalue weighted by Gasteiger charge is -2.18. The minimum Gasteiger partial charge on any atom is -0.454 e. The molecule has 0 saturated carbocycles. The van der Waals surface area contributed by atoms with Gasteiger partial charge in [0.05, 0.1) is 0 Å². The Balaban J connectivity index is 1.76. The Kier molecular flexibility index (Phi) is 4.83. The summed E-state index contributed by atoms with van der Waals surface area (Å²) in [6, 6.07) is 9.96. The number of nitrogens with one attached hydrogen (secondary N) is 1. The van der Waals surface area contributed by atoms with E-state index in [0.29, 0.717) is 30.3 Å².